The second-order valence-electron chi connectivity index (χ2n) is 5.98. The number of hydrogen-bond acceptors (Lipinski definition) is 1. The number of hydrogen-bond donors (Lipinski definition) is 1. The Balaban J connectivity index is 2.08. The van der Waals surface area contributed by atoms with Gasteiger partial charge in [0.05, 0.1) is 0 Å². The minimum atomic E-state index is 0.369. The maximum absolute atomic E-state index is 3.81. The third-order valence-electron chi connectivity index (χ3n) is 3.64. The van der Waals surface area contributed by atoms with Crippen molar-refractivity contribution >= 4 is 0 Å². The summed E-state index contributed by atoms with van der Waals surface area (Å²) in [6, 6.07) is 12.0. The molecule has 1 fully saturated rings. The SMILES string of the molecule is CC(C)(C)[C@@H]1CCC[C@@H](c2ccccc2)N1. The summed E-state index contributed by atoms with van der Waals surface area (Å²) in [5, 5.41) is 3.81. The van der Waals surface area contributed by atoms with Gasteiger partial charge in [-0.1, -0.05) is 51.1 Å². The van der Waals surface area contributed by atoms with Crippen LogP contribution in [0, 0.1) is 5.41 Å². The van der Waals surface area contributed by atoms with Gasteiger partial charge >= 0.3 is 0 Å². The van der Waals surface area contributed by atoms with E-state index in [1.165, 1.54) is 24.8 Å². The monoisotopic (exact) mass is 217 g/mol. The number of benzene rings is 1. The molecule has 0 saturated carbocycles. The fraction of sp³-hybridized carbons (Fsp3) is 0.600. The molecule has 2 atom stereocenters. The van der Waals surface area contributed by atoms with E-state index in [4.69, 9.17) is 0 Å². The summed E-state index contributed by atoms with van der Waals surface area (Å²) in [5.74, 6) is 0. The Kier molecular flexibility index (Phi) is 3.34. The molecule has 1 heteroatoms. The van der Waals surface area contributed by atoms with Crippen LogP contribution in [0.1, 0.15) is 51.6 Å². The largest absolute Gasteiger partial charge is 0.307 e. The zero-order valence-corrected chi connectivity index (χ0v) is 10.7. The van der Waals surface area contributed by atoms with Crippen molar-refractivity contribution in [2.24, 2.45) is 5.41 Å². The molecule has 0 unspecified atom stereocenters. The lowest BCUT2D eigenvalue weighted by atomic mass is 9.79. The lowest BCUT2D eigenvalue weighted by molar-refractivity contribution is 0.193. The molecule has 1 aliphatic heterocycles. The van der Waals surface area contributed by atoms with Gasteiger partial charge in [0.15, 0.2) is 0 Å². The van der Waals surface area contributed by atoms with Crippen molar-refractivity contribution in [3.05, 3.63) is 35.9 Å². The lowest BCUT2D eigenvalue weighted by Gasteiger charge is -2.39. The molecule has 0 aromatic heterocycles. The van der Waals surface area contributed by atoms with E-state index >= 15 is 0 Å². The first kappa shape index (κ1) is 11.7. The molecular formula is C15H23N. The average molecular weight is 217 g/mol. The van der Waals surface area contributed by atoms with E-state index in [0.29, 0.717) is 17.5 Å². The first-order chi connectivity index (χ1) is 7.57. The van der Waals surface area contributed by atoms with Crippen LogP contribution in [0.4, 0.5) is 0 Å². The van der Waals surface area contributed by atoms with Gasteiger partial charge in [-0.05, 0) is 30.2 Å². The zero-order chi connectivity index (χ0) is 11.6. The van der Waals surface area contributed by atoms with Crippen LogP contribution in [0.15, 0.2) is 30.3 Å². The van der Waals surface area contributed by atoms with Crippen molar-refractivity contribution in [2.45, 2.75) is 52.1 Å². The van der Waals surface area contributed by atoms with Gasteiger partial charge in [0.1, 0.15) is 0 Å². The van der Waals surface area contributed by atoms with E-state index in [1.54, 1.807) is 0 Å². The smallest absolute Gasteiger partial charge is 0.0322 e. The maximum atomic E-state index is 3.81. The Morgan fingerprint density at radius 3 is 2.38 bits per heavy atom. The molecule has 1 saturated heterocycles. The van der Waals surface area contributed by atoms with Gasteiger partial charge in [-0.3, -0.25) is 0 Å². The van der Waals surface area contributed by atoms with Crippen LogP contribution in [0.3, 0.4) is 0 Å². The summed E-state index contributed by atoms with van der Waals surface area (Å²) < 4.78 is 0. The van der Waals surface area contributed by atoms with E-state index in [2.05, 4.69) is 56.4 Å². The van der Waals surface area contributed by atoms with Crippen LogP contribution in [0.2, 0.25) is 0 Å². The Morgan fingerprint density at radius 1 is 1.06 bits per heavy atom. The van der Waals surface area contributed by atoms with Crippen molar-refractivity contribution in [2.75, 3.05) is 0 Å². The second-order valence-corrected chi connectivity index (χ2v) is 5.98. The zero-order valence-electron chi connectivity index (χ0n) is 10.7. The summed E-state index contributed by atoms with van der Waals surface area (Å²) in [6.07, 6.45) is 3.93. The van der Waals surface area contributed by atoms with Crippen molar-refractivity contribution in [3.63, 3.8) is 0 Å². The summed E-state index contributed by atoms with van der Waals surface area (Å²) >= 11 is 0. The quantitative estimate of drug-likeness (QED) is 0.752. The Bertz CT molecular complexity index is 323. The molecule has 88 valence electrons. The van der Waals surface area contributed by atoms with Crippen molar-refractivity contribution < 1.29 is 0 Å². The van der Waals surface area contributed by atoms with Crippen LogP contribution in [-0.4, -0.2) is 6.04 Å². The molecular weight excluding hydrogens is 194 g/mol. The normalized spacial score (nSPS) is 26.7. The van der Waals surface area contributed by atoms with E-state index in [1.807, 2.05) is 0 Å². The fourth-order valence-corrected chi connectivity index (χ4v) is 2.57. The van der Waals surface area contributed by atoms with Gasteiger partial charge in [-0.2, -0.15) is 0 Å². The maximum Gasteiger partial charge on any atom is 0.0322 e. The standard InChI is InChI=1S/C15H23N/c1-15(2,3)14-11-7-10-13(16-14)12-8-5-4-6-9-12/h4-6,8-9,13-14,16H,7,10-11H2,1-3H3/t13-,14-/m0/s1. The number of nitrogens with one attached hydrogen (secondary N) is 1. The topological polar surface area (TPSA) is 12.0 Å². The molecule has 0 radical (unpaired) electrons. The second kappa shape index (κ2) is 4.58. The first-order valence-electron chi connectivity index (χ1n) is 6.38. The summed E-state index contributed by atoms with van der Waals surface area (Å²) in [4.78, 5) is 0. The minimum Gasteiger partial charge on any atom is -0.307 e. The van der Waals surface area contributed by atoms with Crippen LogP contribution < -0.4 is 5.32 Å². The third-order valence-corrected chi connectivity index (χ3v) is 3.64. The molecule has 1 aromatic carbocycles. The summed E-state index contributed by atoms with van der Waals surface area (Å²) in [6.45, 7) is 6.99. The van der Waals surface area contributed by atoms with Crippen molar-refractivity contribution in [1.29, 1.82) is 0 Å². The van der Waals surface area contributed by atoms with Gasteiger partial charge in [0.2, 0.25) is 0 Å². The predicted octanol–water partition coefficient (Wildman–Crippen LogP) is 3.92. The molecule has 0 bridgehead atoms. The van der Waals surface area contributed by atoms with Crippen LogP contribution in [-0.2, 0) is 0 Å². The van der Waals surface area contributed by atoms with Crippen LogP contribution in [0.25, 0.3) is 0 Å². The Hall–Kier alpha value is -0.820. The average Bonchev–Trinajstić information content (AvgIpc) is 2.29. The molecule has 1 aliphatic rings. The summed E-state index contributed by atoms with van der Waals surface area (Å²) in [7, 11) is 0. The Labute approximate surface area is 99.3 Å². The number of rotatable bonds is 1. The molecule has 16 heavy (non-hydrogen) atoms. The van der Waals surface area contributed by atoms with Crippen molar-refractivity contribution in [3.8, 4) is 0 Å². The molecule has 2 rings (SSSR count). The fourth-order valence-electron chi connectivity index (χ4n) is 2.57. The Morgan fingerprint density at radius 2 is 1.75 bits per heavy atom. The molecule has 1 N–H and O–H groups in total. The van der Waals surface area contributed by atoms with Crippen molar-refractivity contribution in [1.82, 2.24) is 5.32 Å². The number of piperidine rings is 1. The van der Waals surface area contributed by atoms with Gasteiger partial charge in [-0.15, -0.1) is 0 Å². The predicted molar refractivity (Wildman–Crippen MR) is 69.4 cm³/mol. The highest BCUT2D eigenvalue weighted by Gasteiger charge is 2.30. The third kappa shape index (κ3) is 2.65. The first-order valence-corrected chi connectivity index (χ1v) is 6.38. The van der Waals surface area contributed by atoms with E-state index in [-0.39, 0.29) is 0 Å². The molecule has 0 aliphatic carbocycles. The van der Waals surface area contributed by atoms with Crippen LogP contribution in [0.5, 0.6) is 0 Å². The van der Waals surface area contributed by atoms with Gasteiger partial charge < -0.3 is 5.32 Å². The summed E-state index contributed by atoms with van der Waals surface area (Å²) in [5.41, 5.74) is 1.81. The molecule has 0 spiro atoms. The highest BCUT2D eigenvalue weighted by molar-refractivity contribution is 5.19. The van der Waals surface area contributed by atoms with Gasteiger partial charge in [-0.25, -0.2) is 0 Å². The highest BCUT2D eigenvalue weighted by Crippen LogP contribution is 2.32. The van der Waals surface area contributed by atoms with E-state index in [0.717, 1.165) is 0 Å². The molecule has 1 heterocycles. The highest BCUT2D eigenvalue weighted by atomic mass is 15.0. The van der Waals surface area contributed by atoms with E-state index < -0.39 is 0 Å². The molecule has 1 nitrogen and oxygen atoms in total. The van der Waals surface area contributed by atoms with Crippen LogP contribution >= 0.6 is 0 Å². The minimum absolute atomic E-state index is 0.369. The molecule has 0 amide bonds. The molecule has 1 aromatic rings. The lowest BCUT2D eigenvalue weighted by Crippen LogP contribution is -2.45. The van der Waals surface area contributed by atoms with E-state index in [9.17, 15) is 0 Å². The van der Waals surface area contributed by atoms with Gasteiger partial charge in [0.25, 0.3) is 0 Å². The van der Waals surface area contributed by atoms with Gasteiger partial charge in [0, 0.05) is 12.1 Å².